The number of hydrogen-bond acceptors (Lipinski definition) is 3. The largest absolute Gasteiger partial charge is 0.477 e. The second-order valence-electron chi connectivity index (χ2n) is 6.29. The number of rotatable bonds is 12. The number of nitrogens with zero attached hydrogens (tertiary/aromatic N) is 2. The van der Waals surface area contributed by atoms with Crippen LogP contribution in [0, 0.1) is 0 Å². The minimum absolute atomic E-state index is 0.0238. The number of aliphatic carboxylic acids is 1. The van der Waals surface area contributed by atoms with E-state index in [4.69, 9.17) is 10.8 Å². The topological polar surface area (TPSA) is 75.7 Å². The molecule has 0 aromatic carbocycles. The highest BCUT2D eigenvalue weighted by atomic mass is 16.4. The van der Waals surface area contributed by atoms with Gasteiger partial charge >= 0.3 is 5.97 Å². The molecule has 0 fully saturated rings. The van der Waals surface area contributed by atoms with Crippen molar-refractivity contribution in [1.29, 1.82) is 0 Å². The van der Waals surface area contributed by atoms with Crippen LogP contribution in [0.1, 0.15) is 71.6 Å². The van der Waals surface area contributed by atoms with Gasteiger partial charge in [0.2, 0.25) is 5.84 Å². The molecule has 3 N–H and O–H groups in total. The Labute approximate surface area is 134 Å². The van der Waals surface area contributed by atoms with Gasteiger partial charge in [-0.2, -0.15) is 0 Å². The Kier molecular flexibility index (Phi) is 8.35. The van der Waals surface area contributed by atoms with E-state index in [9.17, 15) is 4.79 Å². The van der Waals surface area contributed by atoms with E-state index < -0.39 is 5.97 Å². The molecule has 1 aliphatic rings. The van der Waals surface area contributed by atoms with E-state index in [0.717, 1.165) is 18.7 Å². The van der Waals surface area contributed by atoms with Gasteiger partial charge in [0.15, 0.2) is 6.54 Å². The summed E-state index contributed by atoms with van der Waals surface area (Å²) in [6, 6.07) is 0. The fourth-order valence-corrected chi connectivity index (χ4v) is 3.00. The molecule has 0 aliphatic carbocycles. The van der Waals surface area contributed by atoms with Gasteiger partial charge in [0, 0.05) is 13.3 Å². The summed E-state index contributed by atoms with van der Waals surface area (Å²) in [6.45, 7) is 4.06. The van der Waals surface area contributed by atoms with Gasteiger partial charge < -0.3 is 5.11 Å². The second-order valence-corrected chi connectivity index (χ2v) is 6.29. The smallest absolute Gasteiger partial charge is 0.360 e. The Morgan fingerprint density at radius 3 is 2.36 bits per heavy atom. The van der Waals surface area contributed by atoms with Gasteiger partial charge in [0.05, 0.1) is 6.20 Å². The van der Waals surface area contributed by atoms with Crippen LogP contribution in [0.15, 0.2) is 17.4 Å². The van der Waals surface area contributed by atoms with Gasteiger partial charge in [0.1, 0.15) is 12.4 Å². The van der Waals surface area contributed by atoms with E-state index in [2.05, 4.69) is 11.9 Å². The highest BCUT2D eigenvalue weighted by molar-refractivity contribution is 5.81. The molecule has 0 bridgehead atoms. The highest BCUT2D eigenvalue weighted by Crippen LogP contribution is 2.23. The number of nitrogens with two attached hydrogens (primary N) is 1. The minimum Gasteiger partial charge on any atom is -0.477 e. The molecule has 5 nitrogen and oxygen atoms in total. The highest BCUT2D eigenvalue weighted by Gasteiger charge is 2.40. The maximum atomic E-state index is 11.2. The molecule has 2 atom stereocenters. The van der Waals surface area contributed by atoms with Gasteiger partial charge in [0.25, 0.3) is 0 Å². The minimum atomic E-state index is -0.840. The number of carbonyl (C=O) groups is 1. The van der Waals surface area contributed by atoms with Crippen LogP contribution in [0.3, 0.4) is 0 Å². The third kappa shape index (κ3) is 5.54. The van der Waals surface area contributed by atoms with Crippen molar-refractivity contribution in [3.05, 3.63) is 12.4 Å². The molecule has 0 amide bonds. The van der Waals surface area contributed by atoms with Crippen molar-refractivity contribution >= 4 is 11.8 Å². The Morgan fingerprint density at radius 2 is 1.82 bits per heavy atom. The van der Waals surface area contributed by atoms with Crippen molar-refractivity contribution < 1.29 is 14.4 Å². The monoisotopic (exact) mass is 310 g/mol. The molecule has 5 heteroatoms. The van der Waals surface area contributed by atoms with E-state index in [1.165, 1.54) is 44.9 Å². The Morgan fingerprint density at radius 1 is 1.23 bits per heavy atom. The van der Waals surface area contributed by atoms with E-state index in [0.29, 0.717) is 0 Å². The summed E-state index contributed by atoms with van der Waals surface area (Å²) in [5, 5.41) is 9.16. The lowest BCUT2D eigenvalue weighted by molar-refractivity contribution is -0.805. The summed E-state index contributed by atoms with van der Waals surface area (Å²) >= 11 is 0. The zero-order valence-corrected chi connectivity index (χ0v) is 14.1. The van der Waals surface area contributed by atoms with Crippen molar-refractivity contribution in [2.45, 2.75) is 77.8 Å². The van der Waals surface area contributed by atoms with Crippen LogP contribution < -0.4 is 5.73 Å². The molecule has 2 unspecified atom stereocenters. The van der Waals surface area contributed by atoms with E-state index in [1.54, 1.807) is 6.20 Å². The molecule has 0 radical (unpaired) electrons. The second kappa shape index (κ2) is 9.74. The van der Waals surface area contributed by atoms with E-state index in [1.807, 2.05) is 13.1 Å². The summed E-state index contributed by atoms with van der Waals surface area (Å²) in [7, 11) is 0. The van der Waals surface area contributed by atoms with E-state index in [-0.39, 0.29) is 17.2 Å². The van der Waals surface area contributed by atoms with Crippen molar-refractivity contribution in [2.75, 3.05) is 6.54 Å². The third-order valence-corrected chi connectivity index (χ3v) is 4.41. The molecule has 0 saturated heterocycles. The van der Waals surface area contributed by atoms with Crippen LogP contribution in [-0.2, 0) is 4.79 Å². The fourth-order valence-electron chi connectivity index (χ4n) is 3.00. The molecule has 0 aromatic rings. The Balaban J connectivity index is 2.34. The number of carboxylic acid groups (broad SMARTS) is 1. The molecule has 22 heavy (non-hydrogen) atoms. The van der Waals surface area contributed by atoms with Crippen LogP contribution in [0.5, 0.6) is 0 Å². The summed E-state index contributed by atoms with van der Waals surface area (Å²) < 4.78 is 0.172. The maximum absolute atomic E-state index is 11.2. The molecule has 0 aromatic heterocycles. The van der Waals surface area contributed by atoms with Crippen molar-refractivity contribution in [1.82, 2.24) is 0 Å². The predicted molar refractivity (Wildman–Crippen MR) is 90.2 cm³/mol. The summed E-state index contributed by atoms with van der Waals surface area (Å²) in [4.78, 5) is 15.5. The van der Waals surface area contributed by atoms with Crippen LogP contribution in [0.2, 0.25) is 0 Å². The average Bonchev–Trinajstić information content (AvgIpc) is 2.85. The number of carboxylic acids is 1. The van der Waals surface area contributed by atoms with Gasteiger partial charge in [-0.25, -0.2) is 14.3 Å². The summed E-state index contributed by atoms with van der Waals surface area (Å²) in [5.74, 6) is 0.0517. The van der Waals surface area contributed by atoms with Crippen LogP contribution in [-0.4, -0.2) is 34.1 Å². The van der Waals surface area contributed by atoms with Crippen LogP contribution >= 0.6 is 0 Å². The van der Waals surface area contributed by atoms with E-state index >= 15 is 0 Å². The zero-order chi connectivity index (χ0) is 16.4. The maximum Gasteiger partial charge on any atom is 0.360 e. The lowest BCUT2D eigenvalue weighted by atomic mass is 10.1. The van der Waals surface area contributed by atoms with Crippen molar-refractivity contribution in [2.24, 2.45) is 10.7 Å². The number of hydrogen-bond donors (Lipinski definition) is 2. The summed E-state index contributed by atoms with van der Waals surface area (Å²) in [6.07, 6.45) is 14.1. The molecule has 0 saturated carbocycles. The number of aliphatic imine (C=N–C) groups is 1. The van der Waals surface area contributed by atoms with Gasteiger partial charge in [-0.3, -0.25) is 5.73 Å². The predicted octanol–water partition coefficient (Wildman–Crippen LogP) is 3.61. The molecular formula is C17H32N3O2+. The first-order chi connectivity index (χ1) is 10.5. The third-order valence-electron chi connectivity index (χ3n) is 4.41. The Bertz CT molecular complexity index is 405. The first kappa shape index (κ1) is 18.8. The standard InChI is InChI=1S/C17H31N3O2/c1-3-4-5-6-7-8-9-10-11-16-19-12-13-20(16,15(2)18)14-17(21)22/h12-13,15H,3-11,14,18H2,1-2H3/p+1. The number of amidine groups is 1. The average molecular weight is 310 g/mol. The SMILES string of the molecule is CCCCCCCCCCC1=NC=C[N+]1(CC(=O)O)C(C)N. The number of unbranched alkanes of at least 4 members (excludes halogenated alkanes) is 7. The normalized spacial score (nSPS) is 21.9. The summed E-state index contributed by atoms with van der Waals surface area (Å²) in [5.41, 5.74) is 6.05. The first-order valence-electron chi connectivity index (χ1n) is 8.62. The van der Waals surface area contributed by atoms with Gasteiger partial charge in [-0.1, -0.05) is 51.9 Å². The van der Waals surface area contributed by atoms with Gasteiger partial charge in [-0.15, -0.1) is 0 Å². The zero-order valence-electron chi connectivity index (χ0n) is 14.1. The first-order valence-corrected chi connectivity index (χ1v) is 8.62. The number of quaternary nitrogens is 1. The molecule has 0 spiro atoms. The van der Waals surface area contributed by atoms with Crippen LogP contribution in [0.25, 0.3) is 0 Å². The lowest BCUT2D eigenvalue weighted by Gasteiger charge is -2.34. The van der Waals surface area contributed by atoms with Crippen molar-refractivity contribution in [3.8, 4) is 0 Å². The molecular weight excluding hydrogens is 278 g/mol. The Hall–Kier alpha value is -1.20. The molecule has 1 aliphatic heterocycles. The van der Waals surface area contributed by atoms with Crippen LogP contribution in [0.4, 0.5) is 0 Å². The van der Waals surface area contributed by atoms with Crippen molar-refractivity contribution in [3.63, 3.8) is 0 Å². The fraction of sp³-hybridized carbons (Fsp3) is 0.765. The quantitative estimate of drug-likeness (QED) is 0.427. The molecule has 1 rings (SSSR count). The molecule has 1 heterocycles. The molecule has 126 valence electrons. The van der Waals surface area contributed by atoms with Gasteiger partial charge in [-0.05, 0) is 6.42 Å². The lowest BCUT2D eigenvalue weighted by Crippen LogP contribution is -2.59.